The molecule has 18 nitrogen and oxygen atoms in total. The van der Waals surface area contributed by atoms with Gasteiger partial charge < -0.3 is 0 Å². The van der Waals surface area contributed by atoms with Gasteiger partial charge in [-0.25, -0.2) is 4.85 Å². The van der Waals surface area contributed by atoms with Gasteiger partial charge in [-0.3, -0.25) is 55.0 Å². The molecule has 0 spiro atoms. The van der Waals surface area contributed by atoms with Crippen molar-refractivity contribution >= 4 is 27.5 Å². The van der Waals surface area contributed by atoms with Crippen molar-refractivity contribution in [3.63, 3.8) is 0 Å². The molecule has 0 radical (unpaired) electrons. The van der Waals surface area contributed by atoms with E-state index >= 15 is 0 Å². The standard InChI is InChI=1S/C33H26N4.C29H22N4.C23H16N6.C21H14F4N4.4Pt/c1-33(2,31-23-29(25-15-7-3-8-16-25)36(34-31)27-19-11-5-12-20-27)32-24-30(26-17-9-4-10-18-26)37(35-32)28-21-13-6-14-22-28;1-29(2,27-23-17-9-11-19-25(23)32(30-27)21-13-5-3-6-14-21)28-24-18-10-12-20-26(24)33(31-28)22-15-7-4-8-16-22;1-23(2,21-17(14-24)15-28(26-21)18-10-6-4-7-11-18)22-20(25-3)16-29(27-22)19-12-8-5-9-13-19;1-21(2,19-7-9-28(26-19)17-5-3-13(22)11-15(17)24)20-8-10-29(27-20)18-6-4-14(23)12-16(18)25;;;;/h3-19,21,23-24H,1-2H3;3-13,15,17-20H,1-2H3;4-10,12,15-16H,1-2H3;3-4,7-12H,1-2H3;;;;/q4*-2;4*+2. The quantitative estimate of drug-likeness (QED) is 0.0599. The van der Waals surface area contributed by atoms with Crippen molar-refractivity contribution in [2.24, 2.45) is 0 Å². The van der Waals surface area contributed by atoms with Crippen LogP contribution in [0.25, 0.3) is 94.7 Å². The van der Waals surface area contributed by atoms with Gasteiger partial charge in [-0.15, -0.1) is 60.7 Å². The molecule has 0 saturated carbocycles. The zero-order valence-corrected chi connectivity index (χ0v) is 81.1. The topological polar surface area (TPSA) is 171 Å². The average Bonchev–Trinajstić information content (AvgIpc) is 1.58. The third-order valence-electron chi connectivity index (χ3n) is 22.2. The Kier molecular flexibility index (Phi) is 29.9. The maximum Gasteiger partial charge on any atom is 2.00 e. The fourth-order valence-electron chi connectivity index (χ4n) is 15.2. The van der Waals surface area contributed by atoms with E-state index in [4.69, 9.17) is 27.0 Å². The number of halogens is 4. The van der Waals surface area contributed by atoms with E-state index < -0.39 is 44.9 Å². The molecule has 0 atom stereocenters. The Morgan fingerprint density at radius 3 is 1.04 bits per heavy atom. The minimum atomic E-state index is -0.788. The molecule has 0 aliphatic carbocycles. The summed E-state index contributed by atoms with van der Waals surface area (Å²) in [4.78, 5) is 3.66. The van der Waals surface area contributed by atoms with Crippen LogP contribution in [0, 0.1) is 89.7 Å². The Labute approximate surface area is 819 Å². The maximum atomic E-state index is 14.0. The van der Waals surface area contributed by atoms with Crippen LogP contribution in [-0.2, 0) is 106 Å². The molecule has 0 aliphatic rings. The number of fused-ring (bicyclic) bond motifs is 2. The van der Waals surface area contributed by atoms with Gasteiger partial charge in [0.2, 0.25) is 5.69 Å². The molecular weight excluding hydrogens is 2380 g/mol. The summed E-state index contributed by atoms with van der Waals surface area (Å²) in [7, 11) is 0. The molecule has 0 saturated heterocycles. The SMILES string of the molecule is CC(C)(c1cc(-c2ccccc2)n(-c2[c-]cccc2)n1)c1cc(-c2ccccc2)n(-c2[c-]cccc2)n1.CC(C)(c1ccn(-c2[c-]cc(F)cc2F)n1)c1ccn(-c2[c-]cc(F)cc2F)n1.CC(C)(c1nn(-c2[c-]cccc2)c2ccccc12)c1nn(-c2[c-]cccc2)c2ccccc12.[C-]#[N+]c1cn(-c2[c-]cccc2)nc1C(C)(C)c1nn(-c2[c-]cccc2)cc1C#N.[Pt+2].[Pt+2].[Pt+2].[Pt+2]. The molecule has 8 aromatic heterocycles. The fourth-order valence-corrected chi connectivity index (χ4v) is 15.2. The van der Waals surface area contributed by atoms with E-state index in [1.165, 1.54) is 21.8 Å². The molecule has 660 valence electrons. The van der Waals surface area contributed by atoms with Crippen LogP contribution in [0.5, 0.6) is 0 Å². The Balaban J connectivity index is 0.000000149. The van der Waals surface area contributed by atoms with E-state index in [1.54, 1.807) is 46.0 Å². The molecule has 0 unspecified atom stereocenters. The Bertz CT molecular complexity index is 6860. The second-order valence-corrected chi connectivity index (χ2v) is 32.1. The predicted molar refractivity (Wildman–Crippen MR) is 484 cm³/mol. The molecule has 0 fully saturated rings. The van der Waals surface area contributed by atoms with Crippen LogP contribution in [0.2, 0.25) is 0 Å². The third kappa shape index (κ3) is 19.7. The van der Waals surface area contributed by atoms with Crippen LogP contribution in [0.1, 0.15) is 107 Å². The first-order chi connectivity index (χ1) is 62.0. The van der Waals surface area contributed by atoms with E-state index in [-0.39, 0.29) is 95.6 Å². The Morgan fingerprint density at radius 2 is 0.667 bits per heavy atom. The van der Waals surface area contributed by atoms with Gasteiger partial charge in [0.25, 0.3) is 0 Å². The number of para-hydroxylation sites is 8. The smallest absolute Gasteiger partial charge is 0.284 e. The van der Waals surface area contributed by atoms with E-state index in [1.807, 2.05) is 192 Å². The molecule has 0 amide bonds. The summed E-state index contributed by atoms with van der Waals surface area (Å²) in [6, 6.07) is 122. The Hall–Kier alpha value is -13.7. The second kappa shape index (κ2) is 41.2. The molecule has 26 heteroatoms. The molecular formula is C106H78F4N18Pt4. The second-order valence-electron chi connectivity index (χ2n) is 32.1. The summed E-state index contributed by atoms with van der Waals surface area (Å²) in [6.07, 6.45) is 6.44. The van der Waals surface area contributed by atoms with Gasteiger partial charge in [-0.2, -0.15) is 204 Å². The van der Waals surface area contributed by atoms with Crippen LogP contribution in [-0.4, -0.2) is 78.2 Å². The number of hydrogen-bond donors (Lipinski definition) is 0. The first-order valence-electron chi connectivity index (χ1n) is 41.0. The van der Waals surface area contributed by atoms with Crippen LogP contribution < -0.4 is 0 Å². The van der Waals surface area contributed by atoms with Crippen LogP contribution >= 0.6 is 0 Å². The first kappa shape index (κ1) is 95.9. The van der Waals surface area contributed by atoms with Crippen LogP contribution in [0.4, 0.5) is 23.2 Å². The molecule has 132 heavy (non-hydrogen) atoms. The summed E-state index contributed by atoms with van der Waals surface area (Å²) >= 11 is 0. The molecule has 8 heterocycles. The number of nitriles is 1. The van der Waals surface area contributed by atoms with Crippen molar-refractivity contribution in [2.45, 2.75) is 77.0 Å². The van der Waals surface area contributed by atoms with E-state index in [0.717, 1.165) is 125 Å². The summed E-state index contributed by atoms with van der Waals surface area (Å²) in [5, 5.41) is 50.5. The summed E-state index contributed by atoms with van der Waals surface area (Å²) < 4.78 is 68.0. The van der Waals surface area contributed by atoms with Gasteiger partial charge in [0.1, 0.15) is 6.07 Å². The summed E-state index contributed by atoms with van der Waals surface area (Å²) in [5.74, 6) is -3.03. The zero-order chi connectivity index (χ0) is 88.9. The molecule has 12 aromatic carbocycles. The largest absolute Gasteiger partial charge is 2.00 e. The molecule has 0 bridgehead atoms. The third-order valence-corrected chi connectivity index (χ3v) is 22.2. The normalized spacial score (nSPS) is 11.2. The Morgan fingerprint density at radius 1 is 0.326 bits per heavy atom. The molecule has 0 N–H and O–H groups in total. The monoisotopic (exact) mass is 2460 g/mol. The fraction of sp³-hybridized carbons (Fsp3) is 0.113. The van der Waals surface area contributed by atoms with Crippen LogP contribution in [0.3, 0.4) is 0 Å². The van der Waals surface area contributed by atoms with Crippen molar-refractivity contribution in [1.29, 1.82) is 5.26 Å². The molecule has 20 aromatic rings. The number of nitrogens with zero attached hydrogens (tertiary/aromatic N) is 18. The van der Waals surface area contributed by atoms with E-state index in [0.29, 0.717) is 34.0 Å². The number of rotatable bonds is 18. The minimum absolute atomic E-state index is 0. The van der Waals surface area contributed by atoms with Crippen molar-refractivity contribution in [3.05, 3.63) is 462 Å². The first-order valence-corrected chi connectivity index (χ1v) is 41.0. The van der Waals surface area contributed by atoms with E-state index in [9.17, 15) is 22.8 Å². The summed E-state index contributed by atoms with van der Waals surface area (Å²) in [6.45, 7) is 23.9. The number of aromatic nitrogens is 16. The molecule has 0 aliphatic heterocycles. The molecule has 20 rings (SSSR count). The van der Waals surface area contributed by atoms with Crippen molar-refractivity contribution in [1.82, 2.24) is 78.2 Å². The van der Waals surface area contributed by atoms with Crippen molar-refractivity contribution in [3.8, 4) is 74.1 Å². The van der Waals surface area contributed by atoms with E-state index in [2.05, 4.69) is 217 Å². The zero-order valence-electron chi connectivity index (χ0n) is 72.0. The predicted octanol–water partition coefficient (Wildman–Crippen LogP) is 22.5. The van der Waals surface area contributed by atoms with Crippen molar-refractivity contribution < 1.29 is 102 Å². The van der Waals surface area contributed by atoms with Crippen molar-refractivity contribution in [2.75, 3.05) is 0 Å². The van der Waals surface area contributed by atoms with Gasteiger partial charge in [0.15, 0.2) is 0 Å². The average molecular weight is 2460 g/mol. The number of hydrogen-bond acceptors (Lipinski definition) is 9. The maximum absolute atomic E-state index is 14.0. The van der Waals surface area contributed by atoms with Gasteiger partial charge in [-0.05, 0) is 137 Å². The van der Waals surface area contributed by atoms with Crippen LogP contribution in [0.15, 0.2) is 328 Å². The summed E-state index contributed by atoms with van der Waals surface area (Å²) in [5.41, 5.74) is 16.0. The minimum Gasteiger partial charge on any atom is -0.284 e. The van der Waals surface area contributed by atoms with Gasteiger partial charge >= 0.3 is 84.3 Å². The van der Waals surface area contributed by atoms with Gasteiger partial charge in [-0.1, -0.05) is 97.1 Å². The van der Waals surface area contributed by atoms with Gasteiger partial charge in [0.05, 0.1) is 96.4 Å². The van der Waals surface area contributed by atoms with Gasteiger partial charge in [0, 0.05) is 75.4 Å². The number of benzene rings is 12.